The summed E-state index contributed by atoms with van der Waals surface area (Å²) in [6.45, 7) is 4.55. The lowest BCUT2D eigenvalue weighted by molar-refractivity contribution is 0.122. The summed E-state index contributed by atoms with van der Waals surface area (Å²) in [5.41, 5.74) is 1.12. The summed E-state index contributed by atoms with van der Waals surface area (Å²) < 4.78 is 10.8. The van der Waals surface area contributed by atoms with E-state index in [1.807, 2.05) is 17.0 Å². The Labute approximate surface area is 140 Å². The number of urea groups is 1. The number of ether oxygens (including phenoxy) is 2. The first-order valence-corrected chi connectivity index (χ1v) is 8.43. The molecule has 1 atom stereocenters. The highest BCUT2D eigenvalue weighted by atomic mass is 35.5. The first-order chi connectivity index (χ1) is 11.2. The molecule has 0 saturated carbocycles. The van der Waals surface area contributed by atoms with Crippen LogP contribution in [-0.2, 0) is 6.54 Å². The number of carbonyl (C=O) groups is 1. The molecule has 3 aliphatic heterocycles. The zero-order valence-electron chi connectivity index (χ0n) is 12.9. The molecule has 3 aliphatic rings. The van der Waals surface area contributed by atoms with Gasteiger partial charge in [-0.3, -0.25) is 4.90 Å². The second kappa shape index (κ2) is 6.09. The first-order valence-electron chi connectivity index (χ1n) is 8.05. The fourth-order valence-corrected chi connectivity index (χ4v) is 3.92. The van der Waals surface area contributed by atoms with E-state index >= 15 is 0 Å². The quantitative estimate of drug-likeness (QED) is 0.917. The fraction of sp³-hybridized carbons (Fsp3) is 0.562. The van der Waals surface area contributed by atoms with E-state index in [-0.39, 0.29) is 12.8 Å². The molecular formula is C16H20ClN3O3. The number of nitrogens with zero attached hydrogens (tertiary/aromatic N) is 2. The highest BCUT2D eigenvalue weighted by Gasteiger charge is 2.31. The molecule has 1 aromatic rings. The predicted molar refractivity (Wildman–Crippen MR) is 86.0 cm³/mol. The van der Waals surface area contributed by atoms with E-state index in [0.29, 0.717) is 16.8 Å². The number of piperidine rings is 1. The lowest BCUT2D eigenvalue weighted by Gasteiger charge is -2.37. The van der Waals surface area contributed by atoms with Crippen molar-refractivity contribution in [1.82, 2.24) is 15.1 Å². The Kier molecular flexibility index (Phi) is 3.95. The van der Waals surface area contributed by atoms with Crippen molar-refractivity contribution in [2.45, 2.75) is 25.4 Å². The summed E-state index contributed by atoms with van der Waals surface area (Å²) in [5, 5.41) is 3.49. The highest BCUT2D eigenvalue weighted by molar-refractivity contribution is 6.32. The Bertz CT molecular complexity index is 625. The van der Waals surface area contributed by atoms with E-state index in [9.17, 15) is 4.79 Å². The SMILES string of the molecule is O=C1NCCN1C1CCCN(Cc2cc(Cl)c3c(c2)OCO3)C1. The number of fused-ring (bicyclic) bond motifs is 1. The highest BCUT2D eigenvalue weighted by Crippen LogP contribution is 2.40. The summed E-state index contributed by atoms with van der Waals surface area (Å²) >= 11 is 6.26. The average molecular weight is 338 g/mol. The molecule has 4 rings (SSSR count). The normalized spacial score (nSPS) is 24.1. The van der Waals surface area contributed by atoms with Gasteiger partial charge in [0, 0.05) is 32.2 Å². The van der Waals surface area contributed by atoms with E-state index in [4.69, 9.17) is 21.1 Å². The van der Waals surface area contributed by atoms with Crippen LogP contribution in [0.15, 0.2) is 12.1 Å². The molecule has 0 aromatic heterocycles. The summed E-state index contributed by atoms with van der Waals surface area (Å²) in [4.78, 5) is 16.2. The summed E-state index contributed by atoms with van der Waals surface area (Å²) in [6, 6.07) is 4.32. The molecule has 1 unspecified atom stereocenters. The van der Waals surface area contributed by atoms with Crippen LogP contribution in [0, 0.1) is 0 Å². The summed E-state index contributed by atoms with van der Waals surface area (Å²) in [7, 11) is 0. The van der Waals surface area contributed by atoms with E-state index in [0.717, 1.165) is 56.9 Å². The van der Waals surface area contributed by atoms with Crippen molar-refractivity contribution >= 4 is 17.6 Å². The standard InChI is InChI=1S/C16H20ClN3O3/c17-13-6-11(7-14-15(13)23-10-22-14)8-19-4-1-2-12(9-19)20-5-3-18-16(20)21/h6-7,12H,1-5,8-10H2,(H,18,21). The lowest BCUT2D eigenvalue weighted by atomic mass is 10.0. The maximum absolute atomic E-state index is 11.9. The van der Waals surface area contributed by atoms with Crippen LogP contribution in [0.4, 0.5) is 4.79 Å². The molecule has 2 fully saturated rings. The van der Waals surface area contributed by atoms with Crippen LogP contribution in [0.5, 0.6) is 11.5 Å². The largest absolute Gasteiger partial charge is 0.454 e. The Morgan fingerprint density at radius 3 is 3.04 bits per heavy atom. The lowest BCUT2D eigenvalue weighted by Crippen LogP contribution is -2.48. The first kappa shape index (κ1) is 14.9. The van der Waals surface area contributed by atoms with Crippen LogP contribution in [-0.4, -0.2) is 54.8 Å². The van der Waals surface area contributed by atoms with Crippen molar-refractivity contribution in [3.05, 3.63) is 22.7 Å². The van der Waals surface area contributed by atoms with Gasteiger partial charge in [0.15, 0.2) is 11.5 Å². The molecule has 7 heteroatoms. The molecule has 2 amide bonds. The third-order valence-electron chi connectivity index (χ3n) is 4.70. The fourth-order valence-electron chi connectivity index (χ4n) is 3.63. The molecule has 1 N–H and O–H groups in total. The van der Waals surface area contributed by atoms with Crippen molar-refractivity contribution in [1.29, 1.82) is 0 Å². The molecule has 2 saturated heterocycles. The van der Waals surface area contributed by atoms with E-state index in [2.05, 4.69) is 10.2 Å². The van der Waals surface area contributed by atoms with Gasteiger partial charge in [-0.15, -0.1) is 0 Å². The molecule has 23 heavy (non-hydrogen) atoms. The topological polar surface area (TPSA) is 54.0 Å². The van der Waals surface area contributed by atoms with Crippen LogP contribution in [0.3, 0.4) is 0 Å². The van der Waals surface area contributed by atoms with Crippen molar-refractivity contribution in [2.75, 3.05) is 33.0 Å². The molecule has 6 nitrogen and oxygen atoms in total. The third kappa shape index (κ3) is 2.93. The minimum atomic E-state index is 0.0722. The molecular weight excluding hydrogens is 318 g/mol. The van der Waals surface area contributed by atoms with Gasteiger partial charge >= 0.3 is 6.03 Å². The Balaban J connectivity index is 1.44. The molecule has 1 aromatic carbocycles. The van der Waals surface area contributed by atoms with Crippen LogP contribution in [0.2, 0.25) is 5.02 Å². The van der Waals surface area contributed by atoms with Gasteiger partial charge in [-0.05, 0) is 37.1 Å². The second-order valence-corrected chi connectivity index (χ2v) is 6.68. The van der Waals surface area contributed by atoms with Crippen LogP contribution >= 0.6 is 11.6 Å². The van der Waals surface area contributed by atoms with Gasteiger partial charge in [0.25, 0.3) is 0 Å². The van der Waals surface area contributed by atoms with Crippen LogP contribution in [0.25, 0.3) is 0 Å². The van der Waals surface area contributed by atoms with Crippen LogP contribution in [0.1, 0.15) is 18.4 Å². The van der Waals surface area contributed by atoms with Gasteiger partial charge < -0.3 is 19.7 Å². The number of nitrogens with one attached hydrogen (secondary N) is 1. The third-order valence-corrected chi connectivity index (χ3v) is 4.99. The molecule has 0 spiro atoms. The molecule has 0 aliphatic carbocycles. The Hall–Kier alpha value is -1.66. The van der Waals surface area contributed by atoms with Gasteiger partial charge in [-0.25, -0.2) is 4.79 Å². The maximum Gasteiger partial charge on any atom is 0.317 e. The number of hydrogen-bond acceptors (Lipinski definition) is 4. The van der Waals surface area contributed by atoms with E-state index < -0.39 is 0 Å². The summed E-state index contributed by atoms with van der Waals surface area (Å²) in [5.74, 6) is 1.36. The zero-order valence-corrected chi connectivity index (χ0v) is 13.6. The smallest absolute Gasteiger partial charge is 0.317 e. The number of amides is 2. The second-order valence-electron chi connectivity index (χ2n) is 6.27. The predicted octanol–water partition coefficient (Wildman–Crippen LogP) is 2.06. The number of hydrogen-bond donors (Lipinski definition) is 1. The minimum absolute atomic E-state index is 0.0722. The minimum Gasteiger partial charge on any atom is -0.454 e. The monoisotopic (exact) mass is 337 g/mol. The number of rotatable bonds is 3. The van der Waals surface area contributed by atoms with Gasteiger partial charge in [-0.2, -0.15) is 0 Å². The number of carbonyl (C=O) groups excluding carboxylic acids is 1. The molecule has 0 bridgehead atoms. The van der Waals surface area contributed by atoms with Crippen LogP contribution < -0.4 is 14.8 Å². The van der Waals surface area contributed by atoms with E-state index in [1.54, 1.807) is 0 Å². The molecule has 124 valence electrons. The van der Waals surface area contributed by atoms with Gasteiger partial charge in [0.1, 0.15) is 0 Å². The van der Waals surface area contributed by atoms with Crippen molar-refractivity contribution in [3.8, 4) is 11.5 Å². The number of halogens is 1. The average Bonchev–Trinajstić information content (AvgIpc) is 3.16. The van der Waals surface area contributed by atoms with Gasteiger partial charge in [-0.1, -0.05) is 11.6 Å². The Morgan fingerprint density at radius 1 is 1.30 bits per heavy atom. The zero-order chi connectivity index (χ0) is 15.8. The van der Waals surface area contributed by atoms with Crippen molar-refractivity contribution in [3.63, 3.8) is 0 Å². The van der Waals surface area contributed by atoms with Crippen molar-refractivity contribution in [2.24, 2.45) is 0 Å². The van der Waals surface area contributed by atoms with Crippen molar-refractivity contribution < 1.29 is 14.3 Å². The number of likely N-dealkylation sites (tertiary alicyclic amines) is 1. The molecule has 0 radical (unpaired) electrons. The molecule has 3 heterocycles. The van der Waals surface area contributed by atoms with Gasteiger partial charge in [0.05, 0.1) is 5.02 Å². The Morgan fingerprint density at radius 2 is 2.22 bits per heavy atom. The summed E-state index contributed by atoms with van der Waals surface area (Å²) in [6.07, 6.45) is 2.18. The number of benzene rings is 1. The van der Waals surface area contributed by atoms with E-state index in [1.165, 1.54) is 0 Å². The maximum atomic E-state index is 11.9. The van der Waals surface area contributed by atoms with Gasteiger partial charge in [0.2, 0.25) is 6.79 Å².